The predicted octanol–water partition coefficient (Wildman–Crippen LogP) is 1.38. The highest BCUT2D eigenvalue weighted by atomic mass is 35.5. The van der Waals surface area contributed by atoms with E-state index in [1.807, 2.05) is 12.1 Å². The van der Waals surface area contributed by atoms with Gasteiger partial charge in [-0.05, 0) is 0 Å². The third-order valence-electron chi connectivity index (χ3n) is 1.39. The SMILES string of the molecule is C=C(Cl)Cn1cnc(C#N)c1C#N. The van der Waals surface area contributed by atoms with Crippen LogP contribution < -0.4 is 0 Å². The largest absolute Gasteiger partial charge is 0.316 e. The van der Waals surface area contributed by atoms with Crippen LogP contribution in [0.1, 0.15) is 11.4 Å². The van der Waals surface area contributed by atoms with Gasteiger partial charge in [0.05, 0.1) is 12.9 Å². The van der Waals surface area contributed by atoms with Gasteiger partial charge in [-0.3, -0.25) is 0 Å². The lowest BCUT2D eigenvalue weighted by Crippen LogP contribution is -1.99. The van der Waals surface area contributed by atoms with Gasteiger partial charge in [-0.15, -0.1) is 0 Å². The maximum Gasteiger partial charge on any atom is 0.176 e. The summed E-state index contributed by atoms with van der Waals surface area (Å²) in [5.74, 6) is 0. The van der Waals surface area contributed by atoms with E-state index >= 15 is 0 Å². The summed E-state index contributed by atoms with van der Waals surface area (Å²) < 4.78 is 1.48. The van der Waals surface area contributed by atoms with Crippen LogP contribution in [0.4, 0.5) is 0 Å². The summed E-state index contributed by atoms with van der Waals surface area (Å²) in [7, 11) is 0. The lowest BCUT2D eigenvalue weighted by atomic mass is 10.3. The molecule has 0 aliphatic carbocycles. The van der Waals surface area contributed by atoms with E-state index in [1.165, 1.54) is 10.9 Å². The fourth-order valence-electron chi connectivity index (χ4n) is 0.886. The zero-order chi connectivity index (χ0) is 9.84. The van der Waals surface area contributed by atoms with Crippen LogP contribution in [-0.2, 0) is 6.54 Å². The van der Waals surface area contributed by atoms with Crippen molar-refractivity contribution in [3.05, 3.63) is 29.3 Å². The first-order valence-corrected chi connectivity index (χ1v) is 3.75. The molecule has 0 aliphatic heterocycles. The van der Waals surface area contributed by atoms with Gasteiger partial charge in [0.1, 0.15) is 12.1 Å². The first kappa shape index (κ1) is 9.31. The Morgan fingerprint density at radius 1 is 1.62 bits per heavy atom. The van der Waals surface area contributed by atoms with Gasteiger partial charge in [0.2, 0.25) is 0 Å². The summed E-state index contributed by atoms with van der Waals surface area (Å²) in [6.07, 6.45) is 1.39. The fraction of sp³-hybridized carbons (Fsp3) is 0.125. The van der Waals surface area contributed by atoms with Crippen molar-refractivity contribution in [3.63, 3.8) is 0 Å². The van der Waals surface area contributed by atoms with E-state index in [0.717, 1.165) is 0 Å². The second-order valence-electron chi connectivity index (χ2n) is 2.31. The molecule has 1 aromatic heterocycles. The van der Waals surface area contributed by atoms with Crippen LogP contribution in [0, 0.1) is 22.7 Å². The molecule has 4 nitrogen and oxygen atoms in total. The summed E-state index contributed by atoms with van der Waals surface area (Å²) in [5.41, 5.74) is 0.324. The third-order valence-corrected chi connectivity index (χ3v) is 1.51. The molecule has 1 aromatic rings. The van der Waals surface area contributed by atoms with Crippen molar-refractivity contribution in [2.75, 3.05) is 0 Å². The van der Waals surface area contributed by atoms with Gasteiger partial charge in [-0.25, -0.2) is 4.98 Å². The summed E-state index contributed by atoms with van der Waals surface area (Å²) in [4.78, 5) is 3.74. The van der Waals surface area contributed by atoms with Crippen molar-refractivity contribution in [1.29, 1.82) is 10.5 Å². The molecule has 0 unspecified atom stereocenters. The smallest absolute Gasteiger partial charge is 0.176 e. The Hall–Kier alpha value is -1.78. The second-order valence-corrected chi connectivity index (χ2v) is 2.85. The van der Waals surface area contributed by atoms with Crippen LogP contribution in [-0.4, -0.2) is 9.55 Å². The minimum Gasteiger partial charge on any atom is -0.316 e. The molecule has 0 saturated carbocycles. The second kappa shape index (κ2) is 3.75. The van der Waals surface area contributed by atoms with Crippen molar-refractivity contribution >= 4 is 11.6 Å². The minimum absolute atomic E-state index is 0.111. The van der Waals surface area contributed by atoms with Gasteiger partial charge in [-0.1, -0.05) is 18.2 Å². The third kappa shape index (κ3) is 1.87. The van der Waals surface area contributed by atoms with E-state index in [0.29, 0.717) is 11.6 Å². The van der Waals surface area contributed by atoms with E-state index < -0.39 is 0 Å². The maximum absolute atomic E-state index is 8.70. The quantitative estimate of drug-likeness (QED) is 0.711. The van der Waals surface area contributed by atoms with E-state index in [9.17, 15) is 0 Å². The van der Waals surface area contributed by atoms with Crippen LogP contribution in [0.15, 0.2) is 17.9 Å². The Kier molecular flexibility index (Phi) is 2.69. The lowest BCUT2D eigenvalue weighted by molar-refractivity contribution is 0.799. The van der Waals surface area contributed by atoms with Crippen molar-refractivity contribution in [1.82, 2.24) is 9.55 Å². The Morgan fingerprint density at radius 3 is 2.77 bits per heavy atom. The lowest BCUT2D eigenvalue weighted by Gasteiger charge is -1.99. The maximum atomic E-state index is 8.70. The first-order valence-electron chi connectivity index (χ1n) is 3.37. The molecule has 0 N–H and O–H groups in total. The molecule has 0 atom stereocenters. The summed E-state index contributed by atoms with van der Waals surface area (Å²) in [6.45, 7) is 3.78. The number of nitrogens with zero attached hydrogens (tertiary/aromatic N) is 4. The molecule has 64 valence electrons. The van der Waals surface area contributed by atoms with Crippen molar-refractivity contribution < 1.29 is 0 Å². The highest BCUT2D eigenvalue weighted by molar-refractivity contribution is 6.29. The minimum atomic E-state index is 0.111. The van der Waals surface area contributed by atoms with Crippen molar-refractivity contribution in [2.45, 2.75) is 6.54 Å². The summed E-state index contributed by atoms with van der Waals surface area (Å²) in [6, 6.07) is 3.69. The average Bonchev–Trinajstić information content (AvgIpc) is 2.45. The number of hydrogen-bond acceptors (Lipinski definition) is 3. The Morgan fingerprint density at radius 2 is 2.31 bits per heavy atom. The molecule has 0 fully saturated rings. The number of imidazole rings is 1. The van der Waals surface area contributed by atoms with Crippen LogP contribution in [0.25, 0.3) is 0 Å². The van der Waals surface area contributed by atoms with E-state index in [1.54, 1.807) is 0 Å². The van der Waals surface area contributed by atoms with Gasteiger partial charge in [-0.2, -0.15) is 10.5 Å². The normalized spacial score (nSPS) is 8.85. The average molecular weight is 193 g/mol. The van der Waals surface area contributed by atoms with E-state index in [-0.39, 0.29) is 11.4 Å². The molecular weight excluding hydrogens is 188 g/mol. The summed E-state index contributed by atoms with van der Waals surface area (Å²) in [5, 5.41) is 17.6. The Labute approximate surface area is 80.3 Å². The molecule has 0 amide bonds. The van der Waals surface area contributed by atoms with Crippen molar-refractivity contribution in [2.24, 2.45) is 0 Å². The number of aromatic nitrogens is 2. The van der Waals surface area contributed by atoms with Crippen LogP contribution in [0.2, 0.25) is 0 Å². The first-order chi connectivity index (χ1) is 6.19. The number of rotatable bonds is 2. The van der Waals surface area contributed by atoms with Crippen LogP contribution in [0.5, 0.6) is 0 Å². The number of nitriles is 2. The van der Waals surface area contributed by atoms with Gasteiger partial charge < -0.3 is 4.57 Å². The molecule has 0 radical (unpaired) electrons. The Balaban J connectivity index is 3.12. The number of allylic oxidation sites excluding steroid dienone is 1. The fourth-order valence-corrected chi connectivity index (χ4v) is 1.01. The van der Waals surface area contributed by atoms with Gasteiger partial charge in [0.25, 0.3) is 0 Å². The van der Waals surface area contributed by atoms with Crippen molar-refractivity contribution in [3.8, 4) is 12.1 Å². The zero-order valence-electron chi connectivity index (χ0n) is 6.66. The molecule has 0 spiro atoms. The van der Waals surface area contributed by atoms with E-state index in [2.05, 4.69) is 11.6 Å². The number of halogens is 1. The molecule has 13 heavy (non-hydrogen) atoms. The molecule has 0 bridgehead atoms. The molecule has 0 aromatic carbocycles. The topological polar surface area (TPSA) is 65.4 Å². The standard InChI is InChI=1S/C8H5ClN4/c1-6(9)4-13-5-12-7(2-10)8(13)3-11/h5H,1,4H2. The summed E-state index contributed by atoms with van der Waals surface area (Å²) >= 11 is 5.56. The van der Waals surface area contributed by atoms with Gasteiger partial charge in [0, 0.05) is 5.03 Å². The molecule has 5 heteroatoms. The molecular formula is C8H5ClN4. The number of hydrogen-bond donors (Lipinski definition) is 0. The molecule has 0 saturated heterocycles. The molecule has 1 rings (SSSR count). The molecule has 0 aliphatic rings. The van der Waals surface area contributed by atoms with Crippen LogP contribution >= 0.6 is 11.6 Å². The van der Waals surface area contributed by atoms with E-state index in [4.69, 9.17) is 22.1 Å². The monoisotopic (exact) mass is 192 g/mol. The van der Waals surface area contributed by atoms with Gasteiger partial charge >= 0.3 is 0 Å². The van der Waals surface area contributed by atoms with Gasteiger partial charge in [0.15, 0.2) is 11.4 Å². The highest BCUT2D eigenvalue weighted by Gasteiger charge is 2.09. The molecule has 1 heterocycles. The predicted molar refractivity (Wildman–Crippen MR) is 46.7 cm³/mol. The zero-order valence-corrected chi connectivity index (χ0v) is 7.41. The highest BCUT2D eigenvalue weighted by Crippen LogP contribution is 2.09. The van der Waals surface area contributed by atoms with Crippen LogP contribution in [0.3, 0.4) is 0 Å². The Bertz CT molecular complexity index is 418.